The highest BCUT2D eigenvalue weighted by Gasteiger charge is 1.99. The van der Waals surface area contributed by atoms with Gasteiger partial charge in [0, 0.05) is 18.8 Å². The van der Waals surface area contributed by atoms with Gasteiger partial charge >= 0.3 is 0 Å². The third kappa shape index (κ3) is 3.86. The first-order valence-corrected chi connectivity index (χ1v) is 5.23. The molecule has 0 spiro atoms. The zero-order valence-corrected chi connectivity index (χ0v) is 9.65. The van der Waals surface area contributed by atoms with Crippen LogP contribution in [0.1, 0.15) is 13.3 Å². The molecule has 3 N–H and O–H groups in total. The molecular formula is C8H13IN4. The Morgan fingerprint density at radius 1 is 1.69 bits per heavy atom. The first kappa shape index (κ1) is 10.6. The van der Waals surface area contributed by atoms with Crippen LogP contribution < -0.4 is 11.1 Å². The van der Waals surface area contributed by atoms with Gasteiger partial charge in [-0.2, -0.15) is 0 Å². The van der Waals surface area contributed by atoms with E-state index in [9.17, 15) is 0 Å². The van der Waals surface area contributed by atoms with Crippen molar-refractivity contribution in [3.8, 4) is 0 Å². The molecule has 1 heterocycles. The number of nitrogens with one attached hydrogen (secondary N) is 1. The number of hydrogen-bond donors (Lipinski definition) is 2. The van der Waals surface area contributed by atoms with E-state index in [-0.39, 0.29) is 6.04 Å². The molecule has 1 aromatic rings. The Morgan fingerprint density at radius 3 is 3.08 bits per heavy atom. The van der Waals surface area contributed by atoms with Gasteiger partial charge in [-0.15, -0.1) is 0 Å². The Morgan fingerprint density at radius 2 is 2.46 bits per heavy atom. The van der Waals surface area contributed by atoms with Crippen LogP contribution in [0.2, 0.25) is 0 Å². The summed E-state index contributed by atoms with van der Waals surface area (Å²) in [7, 11) is 0. The van der Waals surface area contributed by atoms with Gasteiger partial charge in [0.15, 0.2) is 0 Å². The van der Waals surface area contributed by atoms with E-state index in [0.717, 1.165) is 22.4 Å². The number of hydrogen-bond acceptors (Lipinski definition) is 4. The van der Waals surface area contributed by atoms with Crippen LogP contribution in [-0.2, 0) is 0 Å². The lowest BCUT2D eigenvalue weighted by Gasteiger charge is -2.08. The number of nitrogens with zero attached hydrogens (tertiary/aromatic N) is 2. The van der Waals surface area contributed by atoms with Crippen molar-refractivity contribution >= 4 is 28.4 Å². The lowest BCUT2D eigenvalue weighted by Crippen LogP contribution is -2.19. The predicted molar refractivity (Wildman–Crippen MR) is 61.5 cm³/mol. The van der Waals surface area contributed by atoms with Gasteiger partial charge < -0.3 is 11.1 Å². The van der Waals surface area contributed by atoms with E-state index < -0.39 is 0 Å². The summed E-state index contributed by atoms with van der Waals surface area (Å²) < 4.78 is 1.03. The highest BCUT2D eigenvalue weighted by Crippen LogP contribution is 2.11. The van der Waals surface area contributed by atoms with E-state index in [4.69, 9.17) is 5.73 Å². The molecule has 1 rings (SSSR count). The van der Waals surface area contributed by atoms with Crippen molar-refractivity contribution < 1.29 is 0 Å². The minimum Gasteiger partial charge on any atom is -0.369 e. The summed E-state index contributed by atoms with van der Waals surface area (Å²) in [4.78, 5) is 8.01. The van der Waals surface area contributed by atoms with E-state index >= 15 is 0 Å². The number of anilines is 1. The van der Waals surface area contributed by atoms with E-state index in [1.807, 2.05) is 6.92 Å². The van der Waals surface area contributed by atoms with Gasteiger partial charge in [0.05, 0.1) is 3.57 Å². The standard InChI is InChI=1S/C8H13IN4/c1-6(10)2-3-12-8-7(9)4-11-5-13-8/h4-6H,2-3,10H2,1H3,(H,11,12,13). The summed E-state index contributed by atoms with van der Waals surface area (Å²) in [5.74, 6) is 0.885. The van der Waals surface area contributed by atoms with Gasteiger partial charge in [0.1, 0.15) is 12.1 Å². The summed E-state index contributed by atoms with van der Waals surface area (Å²) in [6.07, 6.45) is 4.26. The summed E-state index contributed by atoms with van der Waals surface area (Å²) >= 11 is 2.20. The molecule has 0 bridgehead atoms. The molecule has 0 aliphatic heterocycles. The topological polar surface area (TPSA) is 63.8 Å². The summed E-state index contributed by atoms with van der Waals surface area (Å²) in [5.41, 5.74) is 5.62. The van der Waals surface area contributed by atoms with Crippen LogP contribution in [0, 0.1) is 3.57 Å². The van der Waals surface area contributed by atoms with Crippen LogP contribution >= 0.6 is 22.6 Å². The van der Waals surface area contributed by atoms with Gasteiger partial charge in [-0.05, 0) is 35.9 Å². The molecule has 72 valence electrons. The molecule has 0 saturated carbocycles. The van der Waals surface area contributed by atoms with Crippen LogP contribution in [0.3, 0.4) is 0 Å². The number of aromatic nitrogens is 2. The second-order valence-corrected chi connectivity index (χ2v) is 4.07. The molecule has 0 fully saturated rings. The van der Waals surface area contributed by atoms with Crippen molar-refractivity contribution in [2.75, 3.05) is 11.9 Å². The normalized spacial score (nSPS) is 12.5. The largest absolute Gasteiger partial charge is 0.369 e. The van der Waals surface area contributed by atoms with Crippen molar-refractivity contribution in [3.63, 3.8) is 0 Å². The van der Waals surface area contributed by atoms with Gasteiger partial charge in [-0.1, -0.05) is 0 Å². The van der Waals surface area contributed by atoms with Crippen LogP contribution in [-0.4, -0.2) is 22.6 Å². The zero-order valence-electron chi connectivity index (χ0n) is 7.50. The van der Waals surface area contributed by atoms with Crippen LogP contribution in [0.4, 0.5) is 5.82 Å². The smallest absolute Gasteiger partial charge is 0.142 e. The summed E-state index contributed by atoms with van der Waals surface area (Å²) in [5, 5.41) is 3.21. The van der Waals surface area contributed by atoms with Crippen LogP contribution in [0.15, 0.2) is 12.5 Å². The molecule has 1 unspecified atom stereocenters. The highest BCUT2D eigenvalue weighted by atomic mass is 127. The fraction of sp³-hybridized carbons (Fsp3) is 0.500. The number of halogens is 1. The lowest BCUT2D eigenvalue weighted by molar-refractivity contribution is 0.689. The summed E-state index contributed by atoms with van der Waals surface area (Å²) in [6.45, 7) is 2.84. The van der Waals surface area contributed by atoms with E-state index in [0.29, 0.717) is 0 Å². The van der Waals surface area contributed by atoms with Gasteiger partial charge in [-0.3, -0.25) is 0 Å². The quantitative estimate of drug-likeness (QED) is 0.819. The minimum absolute atomic E-state index is 0.229. The van der Waals surface area contributed by atoms with E-state index in [2.05, 4.69) is 37.9 Å². The molecule has 1 aromatic heterocycles. The molecule has 0 saturated heterocycles. The molecule has 4 nitrogen and oxygen atoms in total. The zero-order chi connectivity index (χ0) is 9.68. The number of nitrogens with two attached hydrogens (primary N) is 1. The maximum absolute atomic E-state index is 5.62. The lowest BCUT2D eigenvalue weighted by atomic mass is 10.2. The molecule has 0 radical (unpaired) electrons. The Bertz CT molecular complexity index is 264. The van der Waals surface area contributed by atoms with Gasteiger partial charge in [0.25, 0.3) is 0 Å². The van der Waals surface area contributed by atoms with E-state index in [1.165, 1.54) is 6.33 Å². The Balaban J connectivity index is 2.41. The maximum Gasteiger partial charge on any atom is 0.142 e. The molecule has 1 atom stereocenters. The monoisotopic (exact) mass is 292 g/mol. The molecule has 13 heavy (non-hydrogen) atoms. The first-order chi connectivity index (χ1) is 6.20. The van der Waals surface area contributed by atoms with Crippen molar-refractivity contribution in [1.29, 1.82) is 0 Å². The minimum atomic E-state index is 0.229. The van der Waals surface area contributed by atoms with E-state index in [1.54, 1.807) is 6.20 Å². The maximum atomic E-state index is 5.62. The van der Waals surface area contributed by atoms with Gasteiger partial charge in [-0.25, -0.2) is 9.97 Å². The Kier molecular flexibility index (Phi) is 4.37. The second-order valence-electron chi connectivity index (χ2n) is 2.91. The average Bonchev–Trinajstić information content (AvgIpc) is 2.08. The molecule has 0 aromatic carbocycles. The fourth-order valence-corrected chi connectivity index (χ4v) is 1.35. The molecule has 5 heteroatoms. The van der Waals surface area contributed by atoms with Crippen LogP contribution in [0.5, 0.6) is 0 Å². The van der Waals surface area contributed by atoms with Crippen molar-refractivity contribution in [1.82, 2.24) is 9.97 Å². The van der Waals surface area contributed by atoms with Crippen LogP contribution in [0.25, 0.3) is 0 Å². The predicted octanol–water partition coefficient (Wildman–Crippen LogP) is 1.23. The molecule has 0 aliphatic carbocycles. The van der Waals surface area contributed by atoms with Gasteiger partial charge in [0.2, 0.25) is 0 Å². The third-order valence-corrected chi connectivity index (χ3v) is 2.35. The Labute approximate surface area is 91.5 Å². The molecular weight excluding hydrogens is 279 g/mol. The third-order valence-electron chi connectivity index (χ3n) is 1.56. The SMILES string of the molecule is CC(N)CCNc1ncncc1I. The fourth-order valence-electron chi connectivity index (χ4n) is 0.861. The summed E-state index contributed by atoms with van der Waals surface area (Å²) in [6, 6.07) is 0.229. The highest BCUT2D eigenvalue weighted by molar-refractivity contribution is 14.1. The Hall–Kier alpha value is -0.430. The molecule has 0 amide bonds. The number of rotatable bonds is 4. The molecule has 0 aliphatic rings. The van der Waals surface area contributed by atoms with Crippen molar-refractivity contribution in [2.45, 2.75) is 19.4 Å². The van der Waals surface area contributed by atoms with Crippen molar-refractivity contribution in [2.24, 2.45) is 5.73 Å². The second kappa shape index (κ2) is 5.33. The first-order valence-electron chi connectivity index (χ1n) is 4.15. The van der Waals surface area contributed by atoms with Crippen molar-refractivity contribution in [3.05, 3.63) is 16.1 Å². The average molecular weight is 292 g/mol.